The standard InChI is InChI=1S/C19H26F3NO4/c1-10(2)7-6-8-27-19(25)16(11(3)4)23-18(24)12-9-13(20)15(22)17(26-5)14(12)21/h9-11,16H,6-8H2,1-5H3,(H,23,24). The van der Waals surface area contributed by atoms with Gasteiger partial charge in [0.05, 0.1) is 19.3 Å². The second kappa shape index (κ2) is 10.2. The van der Waals surface area contributed by atoms with Crippen molar-refractivity contribution in [1.82, 2.24) is 5.32 Å². The van der Waals surface area contributed by atoms with Gasteiger partial charge < -0.3 is 14.8 Å². The lowest BCUT2D eigenvalue weighted by atomic mass is 10.0. The molecule has 0 aromatic heterocycles. The molecular formula is C19H26F3NO4. The zero-order chi connectivity index (χ0) is 20.7. The minimum atomic E-state index is -1.53. The molecule has 0 aliphatic rings. The van der Waals surface area contributed by atoms with E-state index >= 15 is 0 Å². The molecule has 5 nitrogen and oxygen atoms in total. The van der Waals surface area contributed by atoms with Crippen LogP contribution in [0.25, 0.3) is 0 Å². The molecular weight excluding hydrogens is 363 g/mol. The summed E-state index contributed by atoms with van der Waals surface area (Å²) in [5.41, 5.74) is -0.760. The van der Waals surface area contributed by atoms with Crippen molar-refractivity contribution < 1.29 is 32.2 Å². The summed E-state index contributed by atoms with van der Waals surface area (Å²) in [5, 5.41) is 2.32. The van der Waals surface area contributed by atoms with Crippen LogP contribution in [-0.2, 0) is 9.53 Å². The molecule has 1 aromatic carbocycles. The van der Waals surface area contributed by atoms with Gasteiger partial charge in [0.1, 0.15) is 6.04 Å². The number of methoxy groups -OCH3 is 1. The fraction of sp³-hybridized carbons (Fsp3) is 0.579. The fourth-order valence-corrected chi connectivity index (χ4v) is 2.40. The number of ether oxygens (including phenoxy) is 2. The monoisotopic (exact) mass is 389 g/mol. The Balaban J connectivity index is 2.90. The molecule has 0 aliphatic heterocycles. The molecule has 1 aromatic rings. The summed E-state index contributed by atoms with van der Waals surface area (Å²) in [7, 11) is 0.952. The Morgan fingerprint density at radius 2 is 1.74 bits per heavy atom. The first kappa shape index (κ1) is 22.8. The smallest absolute Gasteiger partial charge is 0.328 e. The van der Waals surface area contributed by atoms with Crippen molar-refractivity contribution in [2.45, 2.75) is 46.6 Å². The van der Waals surface area contributed by atoms with E-state index in [9.17, 15) is 22.8 Å². The van der Waals surface area contributed by atoms with Gasteiger partial charge in [-0.2, -0.15) is 4.39 Å². The average Bonchev–Trinajstić information content (AvgIpc) is 2.59. The summed E-state index contributed by atoms with van der Waals surface area (Å²) < 4.78 is 51.0. The normalized spacial score (nSPS) is 12.2. The fourth-order valence-electron chi connectivity index (χ4n) is 2.40. The molecule has 0 radical (unpaired) electrons. The number of carbonyl (C=O) groups is 2. The van der Waals surface area contributed by atoms with E-state index in [1.807, 2.05) is 13.8 Å². The summed E-state index contributed by atoms with van der Waals surface area (Å²) in [5.74, 6) is -6.94. The summed E-state index contributed by atoms with van der Waals surface area (Å²) >= 11 is 0. The first-order valence-corrected chi connectivity index (χ1v) is 8.79. The van der Waals surface area contributed by atoms with E-state index in [0.717, 1.165) is 13.5 Å². The number of halogens is 3. The van der Waals surface area contributed by atoms with E-state index < -0.39 is 46.7 Å². The second-order valence-electron chi connectivity index (χ2n) is 6.97. The minimum Gasteiger partial charge on any atom is -0.491 e. The topological polar surface area (TPSA) is 64.6 Å². The number of esters is 1. The number of benzene rings is 1. The predicted octanol–water partition coefficient (Wildman–Crippen LogP) is 3.85. The molecule has 0 heterocycles. The van der Waals surface area contributed by atoms with Crippen LogP contribution in [0.3, 0.4) is 0 Å². The van der Waals surface area contributed by atoms with Gasteiger partial charge in [-0.25, -0.2) is 13.6 Å². The van der Waals surface area contributed by atoms with Gasteiger partial charge in [0.15, 0.2) is 17.4 Å². The van der Waals surface area contributed by atoms with Crippen LogP contribution < -0.4 is 10.1 Å². The lowest BCUT2D eigenvalue weighted by Crippen LogP contribution is -2.45. The molecule has 1 atom stereocenters. The quantitative estimate of drug-likeness (QED) is 0.396. The molecule has 27 heavy (non-hydrogen) atoms. The van der Waals surface area contributed by atoms with E-state index in [-0.39, 0.29) is 12.5 Å². The maximum atomic E-state index is 14.2. The Morgan fingerprint density at radius 3 is 2.26 bits per heavy atom. The van der Waals surface area contributed by atoms with Crippen LogP contribution in [0.1, 0.15) is 50.9 Å². The SMILES string of the molecule is COc1c(F)c(F)cc(C(=O)NC(C(=O)OCCCC(C)C)C(C)C)c1F. The summed E-state index contributed by atoms with van der Waals surface area (Å²) in [6.45, 7) is 7.63. The predicted molar refractivity (Wildman–Crippen MR) is 94.0 cm³/mol. The number of nitrogens with one attached hydrogen (secondary N) is 1. The van der Waals surface area contributed by atoms with Gasteiger partial charge in [-0.3, -0.25) is 4.79 Å². The Kier molecular flexibility index (Phi) is 8.59. The highest BCUT2D eigenvalue weighted by molar-refractivity contribution is 5.97. The maximum Gasteiger partial charge on any atom is 0.328 e. The van der Waals surface area contributed by atoms with Crippen molar-refractivity contribution >= 4 is 11.9 Å². The maximum absolute atomic E-state index is 14.2. The van der Waals surface area contributed by atoms with Gasteiger partial charge in [-0.05, 0) is 30.7 Å². The molecule has 1 rings (SSSR count). The van der Waals surface area contributed by atoms with Crippen molar-refractivity contribution in [3.8, 4) is 5.75 Å². The molecule has 0 saturated heterocycles. The van der Waals surface area contributed by atoms with Crippen LogP contribution in [0, 0.1) is 29.3 Å². The Morgan fingerprint density at radius 1 is 1.11 bits per heavy atom. The highest BCUT2D eigenvalue weighted by Gasteiger charge is 2.29. The number of hydrogen-bond donors (Lipinski definition) is 1. The Hall–Kier alpha value is -2.25. The van der Waals surface area contributed by atoms with Crippen LogP contribution in [-0.4, -0.2) is 31.6 Å². The second-order valence-corrected chi connectivity index (χ2v) is 6.97. The largest absolute Gasteiger partial charge is 0.491 e. The Bertz CT molecular complexity index is 677. The summed E-state index contributed by atoms with van der Waals surface area (Å²) in [6.07, 6.45) is 1.56. The van der Waals surface area contributed by atoms with E-state index in [1.165, 1.54) is 0 Å². The summed E-state index contributed by atoms with van der Waals surface area (Å²) in [4.78, 5) is 24.6. The molecule has 0 saturated carbocycles. The number of carbonyl (C=O) groups excluding carboxylic acids is 2. The van der Waals surface area contributed by atoms with Crippen LogP contribution in [0.15, 0.2) is 6.07 Å². The molecule has 1 N–H and O–H groups in total. The van der Waals surface area contributed by atoms with Crippen molar-refractivity contribution in [3.63, 3.8) is 0 Å². The van der Waals surface area contributed by atoms with Gasteiger partial charge >= 0.3 is 5.97 Å². The average molecular weight is 389 g/mol. The van der Waals surface area contributed by atoms with Gasteiger partial charge in [0.25, 0.3) is 5.91 Å². The van der Waals surface area contributed by atoms with Crippen LogP contribution in [0.4, 0.5) is 13.2 Å². The van der Waals surface area contributed by atoms with Crippen molar-refractivity contribution in [1.29, 1.82) is 0 Å². The molecule has 152 valence electrons. The lowest BCUT2D eigenvalue weighted by molar-refractivity contribution is -0.147. The number of amides is 1. The van der Waals surface area contributed by atoms with E-state index in [0.29, 0.717) is 18.4 Å². The number of rotatable bonds is 9. The number of hydrogen-bond acceptors (Lipinski definition) is 4. The summed E-state index contributed by atoms with van der Waals surface area (Å²) in [6, 6.07) is -0.636. The van der Waals surface area contributed by atoms with Crippen LogP contribution >= 0.6 is 0 Å². The molecule has 0 spiro atoms. The highest BCUT2D eigenvalue weighted by Crippen LogP contribution is 2.27. The van der Waals surface area contributed by atoms with Crippen molar-refractivity contribution in [3.05, 3.63) is 29.1 Å². The van der Waals surface area contributed by atoms with Crippen molar-refractivity contribution in [2.75, 3.05) is 13.7 Å². The van der Waals surface area contributed by atoms with Gasteiger partial charge in [-0.15, -0.1) is 0 Å². The van der Waals surface area contributed by atoms with Crippen molar-refractivity contribution in [2.24, 2.45) is 11.8 Å². The van der Waals surface area contributed by atoms with Gasteiger partial charge in [-0.1, -0.05) is 27.7 Å². The molecule has 0 aliphatic carbocycles. The lowest BCUT2D eigenvalue weighted by Gasteiger charge is -2.21. The van der Waals surface area contributed by atoms with Crippen LogP contribution in [0.2, 0.25) is 0 Å². The van der Waals surface area contributed by atoms with Crippen LogP contribution in [0.5, 0.6) is 5.75 Å². The minimum absolute atomic E-state index is 0.198. The van der Waals surface area contributed by atoms with E-state index in [4.69, 9.17) is 4.74 Å². The van der Waals surface area contributed by atoms with Gasteiger partial charge in [0.2, 0.25) is 5.82 Å². The first-order valence-electron chi connectivity index (χ1n) is 8.79. The Labute approximate surface area is 157 Å². The first-order chi connectivity index (χ1) is 12.6. The molecule has 0 bridgehead atoms. The third kappa shape index (κ3) is 6.15. The molecule has 0 fully saturated rings. The molecule has 8 heteroatoms. The zero-order valence-electron chi connectivity index (χ0n) is 16.2. The third-order valence-corrected chi connectivity index (χ3v) is 3.94. The van der Waals surface area contributed by atoms with E-state index in [1.54, 1.807) is 13.8 Å². The van der Waals surface area contributed by atoms with E-state index in [2.05, 4.69) is 10.1 Å². The highest BCUT2D eigenvalue weighted by atomic mass is 19.2. The third-order valence-electron chi connectivity index (χ3n) is 3.94. The van der Waals surface area contributed by atoms with Gasteiger partial charge in [0, 0.05) is 0 Å². The molecule has 1 amide bonds. The zero-order valence-corrected chi connectivity index (χ0v) is 16.2. The molecule has 1 unspecified atom stereocenters.